The Labute approximate surface area is 176 Å². The van der Waals surface area contributed by atoms with Gasteiger partial charge in [0.15, 0.2) is 0 Å². The van der Waals surface area contributed by atoms with Crippen molar-refractivity contribution in [2.24, 2.45) is 5.92 Å². The van der Waals surface area contributed by atoms with E-state index in [4.69, 9.17) is 4.74 Å². The lowest BCUT2D eigenvalue weighted by atomic mass is 10.1. The molecule has 1 aliphatic carbocycles. The van der Waals surface area contributed by atoms with Crippen LogP contribution in [0.1, 0.15) is 41.1 Å². The molecule has 0 spiro atoms. The van der Waals surface area contributed by atoms with Crippen LogP contribution in [0.2, 0.25) is 0 Å². The molecule has 6 nitrogen and oxygen atoms in total. The number of hydrogen-bond acceptors (Lipinski definition) is 4. The highest BCUT2D eigenvalue weighted by Gasteiger charge is 2.36. The molecule has 1 saturated carbocycles. The third-order valence-corrected chi connectivity index (χ3v) is 5.54. The summed E-state index contributed by atoms with van der Waals surface area (Å²) in [5, 5.41) is 0. The van der Waals surface area contributed by atoms with Crippen molar-refractivity contribution in [3.63, 3.8) is 0 Å². The van der Waals surface area contributed by atoms with Crippen molar-refractivity contribution < 1.29 is 22.7 Å². The second-order valence-electron chi connectivity index (χ2n) is 7.88. The summed E-state index contributed by atoms with van der Waals surface area (Å²) in [7, 11) is 0. The topological polar surface area (TPSA) is 60.2 Å². The van der Waals surface area contributed by atoms with Gasteiger partial charge in [-0.25, -0.2) is 23.1 Å². The number of carbonyl (C=O) groups excluding carboxylic acids is 1. The van der Waals surface area contributed by atoms with E-state index in [2.05, 4.69) is 9.97 Å². The molecule has 0 saturated heterocycles. The zero-order valence-corrected chi connectivity index (χ0v) is 16.7. The van der Waals surface area contributed by atoms with Gasteiger partial charge in [-0.15, -0.1) is 0 Å². The van der Waals surface area contributed by atoms with Gasteiger partial charge in [0.25, 0.3) is 12.3 Å². The van der Waals surface area contributed by atoms with E-state index in [9.17, 15) is 13.6 Å². The van der Waals surface area contributed by atoms with Crippen molar-refractivity contribution in [2.75, 3.05) is 6.54 Å². The van der Waals surface area contributed by atoms with Crippen LogP contribution < -0.4 is 4.74 Å². The second-order valence-corrected chi connectivity index (χ2v) is 7.88. The average Bonchev–Trinajstić information content (AvgIpc) is 3.44. The van der Waals surface area contributed by atoms with Crippen LogP contribution in [-0.4, -0.2) is 31.9 Å². The molecule has 0 radical (unpaired) electrons. The molecule has 1 amide bonds. The van der Waals surface area contributed by atoms with E-state index in [1.807, 2.05) is 0 Å². The molecule has 0 N–H and O–H groups in total. The van der Waals surface area contributed by atoms with E-state index in [1.54, 1.807) is 28.5 Å². The number of pyridine rings is 1. The van der Waals surface area contributed by atoms with Gasteiger partial charge in [0.1, 0.15) is 11.6 Å². The number of fused-ring (bicyclic) bond motifs is 1. The summed E-state index contributed by atoms with van der Waals surface area (Å²) in [5.74, 6) is 0.481. The number of imidazole rings is 1. The lowest BCUT2D eigenvalue weighted by Crippen LogP contribution is -2.27. The smallest absolute Gasteiger partial charge is 0.291 e. The number of benzene rings is 1. The Kier molecular flexibility index (Phi) is 4.68. The number of amides is 1. The van der Waals surface area contributed by atoms with Crippen molar-refractivity contribution in [3.05, 3.63) is 59.4 Å². The fourth-order valence-electron chi connectivity index (χ4n) is 3.80. The van der Waals surface area contributed by atoms with Crippen LogP contribution in [0.4, 0.5) is 13.2 Å². The van der Waals surface area contributed by atoms with Crippen molar-refractivity contribution in [2.45, 2.75) is 32.9 Å². The molecule has 2 aliphatic rings. The summed E-state index contributed by atoms with van der Waals surface area (Å²) >= 11 is 0. The van der Waals surface area contributed by atoms with Crippen molar-refractivity contribution in [1.82, 2.24) is 19.4 Å². The number of carbonyl (C=O) groups is 1. The van der Waals surface area contributed by atoms with Crippen LogP contribution in [0, 0.1) is 18.7 Å². The molecule has 3 aromatic rings. The lowest BCUT2D eigenvalue weighted by molar-refractivity contribution is 0.0758. The van der Waals surface area contributed by atoms with Crippen LogP contribution >= 0.6 is 0 Å². The number of hydrogen-bond donors (Lipinski definition) is 0. The highest BCUT2D eigenvalue weighted by atomic mass is 19.3. The molecule has 2 aromatic heterocycles. The fourth-order valence-corrected chi connectivity index (χ4v) is 3.80. The third kappa shape index (κ3) is 3.64. The Morgan fingerprint density at radius 1 is 1.23 bits per heavy atom. The molecule has 1 aromatic carbocycles. The predicted molar refractivity (Wildman–Crippen MR) is 105 cm³/mol. The molecule has 31 heavy (non-hydrogen) atoms. The van der Waals surface area contributed by atoms with E-state index in [1.165, 1.54) is 18.2 Å². The third-order valence-electron chi connectivity index (χ3n) is 5.54. The lowest BCUT2D eigenvalue weighted by Gasteiger charge is -2.16. The summed E-state index contributed by atoms with van der Waals surface area (Å²) in [6.07, 6.45) is 0.668. The zero-order chi connectivity index (χ0) is 21.7. The maximum absolute atomic E-state index is 15.0. The summed E-state index contributed by atoms with van der Waals surface area (Å²) < 4.78 is 47.5. The normalized spacial score (nSPS) is 15.6. The van der Waals surface area contributed by atoms with E-state index < -0.39 is 12.2 Å². The zero-order valence-electron chi connectivity index (χ0n) is 16.7. The minimum absolute atomic E-state index is 0.0827. The summed E-state index contributed by atoms with van der Waals surface area (Å²) in [5.41, 5.74) is 1.23. The first-order valence-electron chi connectivity index (χ1n) is 9.99. The molecule has 0 unspecified atom stereocenters. The molecule has 9 heteroatoms. The molecule has 160 valence electrons. The monoisotopic (exact) mass is 428 g/mol. The summed E-state index contributed by atoms with van der Waals surface area (Å²) in [6, 6.07) is 6.85. The van der Waals surface area contributed by atoms with E-state index in [-0.39, 0.29) is 23.1 Å². The SMILES string of the molecule is Cc1nc2n(c1-c1ccc(Oc3ccc(C(F)F)cn3)cc1F)CN(CC1CC1)C2=O. The second kappa shape index (κ2) is 7.40. The number of halogens is 3. The molecular formula is C22H19F3N4O2. The number of aromatic nitrogens is 3. The first-order valence-corrected chi connectivity index (χ1v) is 9.99. The van der Waals surface area contributed by atoms with Gasteiger partial charge in [-0.1, -0.05) is 0 Å². The molecule has 0 atom stereocenters. The standard InChI is InChI=1S/C22H19F3N4O2/c1-12-19(29-11-28(10-13-2-3-13)22(30)21(29)27-12)16-6-5-15(8-17(16)23)31-18-7-4-14(9-26-18)20(24)25/h4-9,13,20H,2-3,10-11H2,1H3. The maximum atomic E-state index is 15.0. The van der Waals surface area contributed by atoms with E-state index in [0.717, 1.165) is 19.0 Å². The van der Waals surface area contributed by atoms with Crippen molar-refractivity contribution >= 4 is 5.91 Å². The number of ether oxygens (including phenoxy) is 1. The molecular weight excluding hydrogens is 409 g/mol. The first kappa shape index (κ1) is 19.6. The molecule has 3 heterocycles. The number of rotatable bonds is 6. The number of alkyl halides is 2. The average molecular weight is 428 g/mol. The Morgan fingerprint density at radius 3 is 2.68 bits per heavy atom. The van der Waals surface area contributed by atoms with Crippen molar-refractivity contribution in [3.8, 4) is 22.9 Å². The van der Waals surface area contributed by atoms with Gasteiger partial charge in [0.2, 0.25) is 11.7 Å². The fraction of sp³-hybridized carbons (Fsp3) is 0.318. The van der Waals surface area contributed by atoms with Gasteiger partial charge < -0.3 is 14.2 Å². The van der Waals surface area contributed by atoms with E-state index >= 15 is 4.39 Å². The Morgan fingerprint density at radius 2 is 2.03 bits per heavy atom. The summed E-state index contributed by atoms with van der Waals surface area (Å²) in [4.78, 5) is 22.6. The van der Waals surface area contributed by atoms with Crippen LogP contribution in [0.3, 0.4) is 0 Å². The molecule has 1 aliphatic heterocycles. The largest absolute Gasteiger partial charge is 0.439 e. The van der Waals surface area contributed by atoms with Crippen LogP contribution in [0.5, 0.6) is 11.6 Å². The minimum Gasteiger partial charge on any atom is -0.439 e. The predicted octanol–water partition coefficient (Wildman–Crippen LogP) is 4.95. The number of nitrogens with zero attached hydrogens (tertiary/aromatic N) is 4. The molecule has 0 bridgehead atoms. The minimum atomic E-state index is -2.62. The van der Waals surface area contributed by atoms with Crippen LogP contribution in [0.15, 0.2) is 36.5 Å². The number of aryl methyl sites for hydroxylation is 1. The van der Waals surface area contributed by atoms with Gasteiger partial charge in [0.05, 0.1) is 18.1 Å². The Hall–Kier alpha value is -3.36. The van der Waals surface area contributed by atoms with Gasteiger partial charge in [-0.2, -0.15) is 0 Å². The van der Waals surface area contributed by atoms with Crippen molar-refractivity contribution in [1.29, 1.82) is 0 Å². The Balaban J connectivity index is 1.40. The van der Waals surface area contributed by atoms with Gasteiger partial charge in [0, 0.05) is 36.0 Å². The highest BCUT2D eigenvalue weighted by Crippen LogP contribution is 2.36. The maximum Gasteiger partial charge on any atom is 0.291 e. The molecule has 1 fully saturated rings. The van der Waals surface area contributed by atoms with E-state index in [0.29, 0.717) is 41.9 Å². The Bertz CT molecular complexity index is 1160. The quantitative estimate of drug-likeness (QED) is 0.558. The van der Waals surface area contributed by atoms with Crippen LogP contribution in [-0.2, 0) is 6.67 Å². The van der Waals surface area contributed by atoms with Gasteiger partial charge in [-0.3, -0.25) is 4.79 Å². The first-order chi connectivity index (χ1) is 14.9. The highest BCUT2D eigenvalue weighted by molar-refractivity contribution is 5.94. The molecule has 5 rings (SSSR count). The van der Waals surface area contributed by atoms with Gasteiger partial charge in [-0.05, 0) is 43.9 Å². The van der Waals surface area contributed by atoms with Crippen LogP contribution in [0.25, 0.3) is 11.3 Å². The summed E-state index contributed by atoms with van der Waals surface area (Å²) in [6.45, 7) is 2.81. The van der Waals surface area contributed by atoms with Gasteiger partial charge >= 0.3 is 0 Å².